The van der Waals surface area contributed by atoms with E-state index in [9.17, 15) is 19.2 Å². The number of hydrogen-bond donors (Lipinski definition) is 2. The summed E-state index contributed by atoms with van der Waals surface area (Å²) in [6.07, 6.45) is 5.86. The van der Waals surface area contributed by atoms with Crippen LogP contribution in [0.2, 0.25) is 0 Å². The first kappa shape index (κ1) is 24.5. The van der Waals surface area contributed by atoms with Gasteiger partial charge in [-0.05, 0) is 48.7 Å². The molecule has 0 atom stereocenters. The molecule has 182 valence electrons. The van der Waals surface area contributed by atoms with Gasteiger partial charge in [0, 0.05) is 11.7 Å². The highest BCUT2D eigenvalue weighted by atomic mass is 35.5. The van der Waals surface area contributed by atoms with Gasteiger partial charge in [0.15, 0.2) is 0 Å². The van der Waals surface area contributed by atoms with Crippen LogP contribution in [-0.4, -0.2) is 36.8 Å². The number of anilines is 2. The number of nitrogens with zero attached hydrogens (tertiary/aromatic N) is 1. The van der Waals surface area contributed by atoms with Gasteiger partial charge < -0.3 is 15.4 Å². The van der Waals surface area contributed by atoms with E-state index < -0.39 is 17.8 Å². The quantitative estimate of drug-likeness (QED) is 0.446. The minimum atomic E-state index is -0.697. The number of amides is 3. The van der Waals surface area contributed by atoms with Crippen molar-refractivity contribution in [1.29, 1.82) is 0 Å². The summed E-state index contributed by atoms with van der Waals surface area (Å²) in [7, 11) is 1.25. The summed E-state index contributed by atoms with van der Waals surface area (Å²) in [5.74, 6) is -1.93. The first-order valence-electron chi connectivity index (χ1n) is 11.5. The SMILES string of the molecule is COC(=O)c1cccc(N2C(=O)C(Cl)=C(Nc3ccc(CC(=O)NC4CCCCC4)cc3)C2=O)c1. The number of benzene rings is 2. The average molecular weight is 496 g/mol. The summed E-state index contributed by atoms with van der Waals surface area (Å²) in [6.45, 7) is 0. The summed E-state index contributed by atoms with van der Waals surface area (Å²) < 4.78 is 4.70. The lowest BCUT2D eigenvalue weighted by Crippen LogP contribution is -2.37. The fraction of sp³-hybridized carbons (Fsp3) is 0.308. The van der Waals surface area contributed by atoms with Crippen molar-refractivity contribution in [1.82, 2.24) is 5.32 Å². The van der Waals surface area contributed by atoms with Crippen molar-refractivity contribution in [2.24, 2.45) is 0 Å². The van der Waals surface area contributed by atoms with E-state index in [1.165, 1.54) is 31.7 Å². The van der Waals surface area contributed by atoms with E-state index in [0.717, 1.165) is 36.1 Å². The first-order chi connectivity index (χ1) is 16.9. The molecule has 2 aromatic carbocycles. The lowest BCUT2D eigenvalue weighted by atomic mass is 9.95. The zero-order valence-corrected chi connectivity index (χ0v) is 20.1. The minimum Gasteiger partial charge on any atom is -0.465 e. The number of ether oxygens (including phenoxy) is 1. The number of halogens is 1. The van der Waals surface area contributed by atoms with Crippen LogP contribution in [0.1, 0.15) is 48.0 Å². The van der Waals surface area contributed by atoms with Crippen molar-refractivity contribution in [3.63, 3.8) is 0 Å². The van der Waals surface area contributed by atoms with Gasteiger partial charge in [-0.2, -0.15) is 0 Å². The Kier molecular flexibility index (Phi) is 7.51. The maximum absolute atomic E-state index is 13.0. The molecule has 0 bridgehead atoms. The van der Waals surface area contributed by atoms with E-state index in [4.69, 9.17) is 16.3 Å². The normalized spacial score (nSPS) is 16.5. The molecule has 4 rings (SSSR count). The molecule has 0 saturated heterocycles. The Morgan fingerprint density at radius 3 is 2.43 bits per heavy atom. The Labute approximate surface area is 208 Å². The summed E-state index contributed by atoms with van der Waals surface area (Å²) in [4.78, 5) is 50.8. The number of nitrogens with one attached hydrogen (secondary N) is 2. The molecule has 1 fully saturated rings. The largest absolute Gasteiger partial charge is 0.465 e. The van der Waals surface area contributed by atoms with Gasteiger partial charge in [-0.3, -0.25) is 14.4 Å². The van der Waals surface area contributed by atoms with Gasteiger partial charge in [0.25, 0.3) is 11.8 Å². The number of carbonyl (C=O) groups is 4. The summed E-state index contributed by atoms with van der Waals surface area (Å²) in [6, 6.07) is 13.3. The van der Waals surface area contributed by atoms with Gasteiger partial charge in [0.1, 0.15) is 10.7 Å². The van der Waals surface area contributed by atoms with Crippen LogP contribution in [0.4, 0.5) is 11.4 Å². The van der Waals surface area contributed by atoms with Gasteiger partial charge in [0.05, 0.1) is 24.8 Å². The van der Waals surface area contributed by atoms with Crippen molar-refractivity contribution < 1.29 is 23.9 Å². The van der Waals surface area contributed by atoms with Crippen LogP contribution < -0.4 is 15.5 Å². The topological polar surface area (TPSA) is 105 Å². The Balaban J connectivity index is 1.41. The van der Waals surface area contributed by atoms with Crippen molar-refractivity contribution in [2.45, 2.75) is 44.6 Å². The minimum absolute atomic E-state index is 0.00949. The number of esters is 1. The maximum Gasteiger partial charge on any atom is 0.337 e. The molecule has 2 N–H and O–H groups in total. The number of rotatable bonds is 7. The summed E-state index contributed by atoms with van der Waals surface area (Å²) >= 11 is 6.20. The molecule has 1 aliphatic heterocycles. The molecule has 1 aliphatic carbocycles. The van der Waals surface area contributed by atoms with E-state index in [0.29, 0.717) is 5.69 Å². The zero-order valence-electron chi connectivity index (χ0n) is 19.3. The van der Waals surface area contributed by atoms with Crippen LogP contribution in [0.25, 0.3) is 0 Å². The highest BCUT2D eigenvalue weighted by Gasteiger charge is 2.39. The molecule has 2 aliphatic rings. The van der Waals surface area contributed by atoms with Gasteiger partial charge in [-0.1, -0.05) is 49.1 Å². The first-order valence-corrected chi connectivity index (χ1v) is 11.9. The molecule has 1 saturated carbocycles. The van der Waals surface area contributed by atoms with Gasteiger partial charge in [-0.15, -0.1) is 0 Å². The van der Waals surface area contributed by atoms with Crippen molar-refractivity contribution in [2.75, 3.05) is 17.3 Å². The van der Waals surface area contributed by atoms with Crippen molar-refractivity contribution in [3.8, 4) is 0 Å². The molecule has 0 spiro atoms. The van der Waals surface area contributed by atoms with E-state index in [1.54, 1.807) is 30.3 Å². The second-order valence-corrected chi connectivity index (χ2v) is 8.96. The molecule has 35 heavy (non-hydrogen) atoms. The highest BCUT2D eigenvalue weighted by Crippen LogP contribution is 2.30. The smallest absolute Gasteiger partial charge is 0.337 e. The average Bonchev–Trinajstić information content (AvgIpc) is 3.08. The number of hydrogen-bond acceptors (Lipinski definition) is 6. The highest BCUT2D eigenvalue weighted by molar-refractivity contribution is 6.53. The molecule has 2 aromatic rings. The van der Waals surface area contributed by atoms with Gasteiger partial charge in [0.2, 0.25) is 5.91 Å². The van der Waals surface area contributed by atoms with E-state index in [-0.39, 0.29) is 40.4 Å². The second kappa shape index (κ2) is 10.7. The van der Waals surface area contributed by atoms with Crippen LogP contribution in [0, 0.1) is 0 Å². The number of imide groups is 1. The van der Waals surface area contributed by atoms with Crippen LogP contribution in [0.5, 0.6) is 0 Å². The molecule has 3 amide bonds. The lowest BCUT2D eigenvalue weighted by Gasteiger charge is -2.22. The zero-order chi connectivity index (χ0) is 24.9. The van der Waals surface area contributed by atoms with Crippen LogP contribution >= 0.6 is 11.6 Å². The molecule has 0 unspecified atom stereocenters. The van der Waals surface area contributed by atoms with E-state index >= 15 is 0 Å². The Bertz CT molecular complexity index is 1190. The fourth-order valence-electron chi connectivity index (χ4n) is 4.30. The molecule has 9 heteroatoms. The molecule has 0 radical (unpaired) electrons. The van der Waals surface area contributed by atoms with Crippen molar-refractivity contribution in [3.05, 3.63) is 70.4 Å². The Morgan fingerprint density at radius 1 is 1.03 bits per heavy atom. The summed E-state index contributed by atoms with van der Waals surface area (Å²) in [5, 5.41) is 5.75. The standard InChI is InChI=1S/C26H26ClN3O5/c1-35-26(34)17-6-5-9-20(15-17)30-24(32)22(27)23(25(30)33)29-19-12-10-16(11-13-19)14-21(31)28-18-7-3-2-4-8-18/h5-6,9-13,15,18,29H,2-4,7-8,14H2,1H3,(H,28,31). The second-order valence-electron chi connectivity index (χ2n) is 8.58. The van der Waals surface area contributed by atoms with Gasteiger partial charge in [-0.25, -0.2) is 9.69 Å². The third-order valence-corrected chi connectivity index (χ3v) is 6.46. The van der Waals surface area contributed by atoms with Crippen molar-refractivity contribution >= 4 is 46.7 Å². The molecular formula is C26H26ClN3O5. The summed E-state index contributed by atoms with van der Waals surface area (Å²) in [5.41, 5.74) is 1.71. The van der Waals surface area contributed by atoms with Crippen LogP contribution in [0.3, 0.4) is 0 Å². The monoisotopic (exact) mass is 495 g/mol. The van der Waals surface area contributed by atoms with E-state index in [2.05, 4.69) is 10.6 Å². The number of methoxy groups -OCH3 is 1. The third kappa shape index (κ3) is 5.54. The predicted molar refractivity (Wildman–Crippen MR) is 132 cm³/mol. The molecule has 8 nitrogen and oxygen atoms in total. The van der Waals surface area contributed by atoms with Crippen LogP contribution in [-0.2, 0) is 25.5 Å². The third-order valence-electron chi connectivity index (χ3n) is 6.11. The lowest BCUT2D eigenvalue weighted by molar-refractivity contribution is -0.122. The predicted octanol–water partition coefficient (Wildman–Crippen LogP) is 3.90. The molecule has 1 heterocycles. The number of carbonyl (C=O) groups excluding carboxylic acids is 4. The maximum atomic E-state index is 13.0. The molecule has 0 aromatic heterocycles. The van der Waals surface area contributed by atoms with Crippen LogP contribution in [0.15, 0.2) is 59.3 Å². The van der Waals surface area contributed by atoms with Gasteiger partial charge >= 0.3 is 5.97 Å². The molecular weight excluding hydrogens is 470 g/mol. The fourth-order valence-corrected chi connectivity index (χ4v) is 4.51. The Morgan fingerprint density at radius 2 is 1.74 bits per heavy atom. The van der Waals surface area contributed by atoms with E-state index in [1.807, 2.05) is 0 Å². The Hall–Kier alpha value is -3.65.